The number of phenolic OH excluding ortho intramolecular Hbond substituents is 1. The van der Waals surface area contributed by atoms with E-state index in [0.29, 0.717) is 23.4 Å². The van der Waals surface area contributed by atoms with E-state index in [4.69, 9.17) is 11.6 Å². The molecule has 0 bridgehead atoms. The predicted molar refractivity (Wildman–Crippen MR) is 118 cm³/mol. The van der Waals surface area contributed by atoms with Gasteiger partial charge in [0.1, 0.15) is 5.75 Å². The first-order valence-electron chi connectivity index (χ1n) is 9.45. The molecule has 1 unspecified atom stereocenters. The van der Waals surface area contributed by atoms with Crippen LogP contribution in [0.4, 0.5) is 4.79 Å². The number of likely N-dealkylation sites (N-methyl/N-ethyl adjacent to an activating group) is 2. The lowest BCUT2D eigenvalue weighted by Gasteiger charge is -2.31. The van der Waals surface area contributed by atoms with Crippen LogP contribution < -0.4 is 10.1 Å². The number of guanidine groups is 1. The Morgan fingerprint density at radius 3 is 2.45 bits per heavy atom. The number of halogens is 1. The van der Waals surface area contributed by atoms with Crippen molar-refractivity contribution in [1.29, 1.82) is 0 Å². The lowest BCUT2D eigenvalue weighted by Crippen LogP contribution is -2.63. The van der Waals surface area contributed by atoms with E-state index in [-0.39, 0.29) is 11.7 Å². The zero-order valence-electron chi connectivity index (χ0n) is 16.9. The minimum Gasteiger partial charge on any atom is -0.508 e. The smallest absolute Gasteiger partial charge is 0.421 e. The van der Waals surface area contributed by atoms with Gasteiger partial charge in [-0.05, 0) is 47.5 Å². The average molecular weight is 440 g/mol. The van der Waals surface area contributed by atoms with E-state index in [0.717, 1.165) is 16.0 Å². The summed E-state index contributed by atoms with van der Waals surface area (Å²) in [7, 11) is 3.03. The number of nitrogens with one attached hydrogen (secondary N) is 1. The van der Waals surface area contributed by atoms with E-state index in [2.05, 4.69) is 15.2 Å². The summed E-state index contributed by atoms with van der Waals surface area (Å²) in [6.45, 7) is 0.355. The SMILES string of the molecule is CN1C(=O)C2C(=[N+]=C(N/N=C/c3ccc(O)cc3)N2Cc2ccc(Cl)cc2)N(C)C1=O. The Bertz CT molecular complexity index is 1120. The van der Waals surface area contributed by atoms with Gasteiger partial charge in [-0.2, -0.15) is 5.43 Å². The van der Waals surface area contributed by atoms with Gasteiger partial charge in [0.25, 0.3) is 5.91 Å². The highest BCUT2D eigenvalue weighted by molar-refractivity contribution is 6.30. The molecule has 3 amide bonds. The lowest BCUT2D eigenvalue weighted by atomic mass is 10.1. The Morgan fingerprint density at radius 1 is 1.10 bits per heavy atom. The van der Waals surface area contributed by atoms with E-state index in [1.165, 1.54) is 11.9 Å². The number of imide groups is 1. The number of carbonyl (C=O) groups excluding carboxylic acids is 2. The van der Waals surface area contributed by atoms with Crippen molar-refractivity contribution >= 4 is 41.5 Å². The third kappa shape index (κ3) is 3.96. The molecule has 2 aliphatic heterocycles. The maximum atomic E-state index is 12.9. The number of urea groups is 1. The number of fused-ring (bicyclic) bond motifs is 1. The highest BCUT2D eigenvalue weighted by Gasteiger charge is 2.54. The number of phenols is 1. The molecule has 9 nitrogen and oxygen atoms in total. The lowest BCUT2D eigenvalue weighted by molar-refractivity contribution is -0.130. The van der Waals surface area contributed by atoms with E-state index in [1.807, 2.05) is 12.1 Å². The van der Waals surface area contributed by atoms with Crippen LogP contribution in [0, 0.1) is 0 Å². The van der Waals surface area contributed by atoms with Crippen molar-refractivity contribution in [2.75, 3.05) is 14.1 Å². The molecular formula is C21H20ClN6O3+. The summed E-state index contributed by atoms with van der Waals surface area (Å²) >= 11 is 5.99. The van der Waals surface area contributed by atoms with Crippen molar-refractivity contribution in [3.05, 3.63) is 64.7 Å². The quantitative estimate of drug-likeness (QED) is 0.423. The third-order valence-corrected chi connectivity index (χ3v) is 5.32. The van der Waals surface area contributed by atoms with Crippen molar-refractivity contribution in [2.24, 2.45) is 5.10 Å². The number of amidine groups is 1. The maximum Gasteiger partial charge on any atom is 0.421 e. The molecule has 10 heteroatoms. The number of nitrogens with zero attached hydrogens (tertiary/aromatic N) is 5. The Kier molecular flexibility index (Phi) is 5.37. The monoisotopic (exact) mass is 439 g/mol. The van der Waals surface area contributed by atoms with Crippen LogP contribution in [0.15, 0.2) is 53.6 Å². The highest BCUT2D eigenvalue weighted by Crippen LogP contribution is 2.21. The van der Waals surface area contributed by atoms with Crippen LogP contribution in [0.25, 0.3) is 0 Å². The van der Waals surface area contributed by atoms with Crippen LogP contribution in [0.1, 0.15) is 11.1 Å². The fourth-order valence-electron chi connectivity index (χ4n) is 3.37. The number of carbonyl (C=O) groups is 2. The number of benzene rings is 2. The normalized spacial score (nSPS) is 18.4. The fourth-order valence-corrected chi connectivity index (χ4v) is 3.49. The van der Waals surface area contributed by atoms with Crippen LogP contribution in [0.3, 0.4) is 0 Å². The van der Waals surface area contributed by atoms with Crippen LogP contribution in [-0.2, 0) is 11.3 Å². The van der Waals surface area contributed by atoms with Crippen molar-refractivity contribution in [2.45, 2.75) is 12.6 Å². The Labute approximate surface area is 183 Å². The van der Waals surface area contributed by atoms with Crippen molar-refractivity contribution in [3.63, 3.8) is 0 Å². The number of rotatable bonds is 4. The van der Waals surface area contributed by atoms with Gasteiger partial charge in [-0.25, -0.2) is 19.3 Å². The first-order chi connectivity index (χ1) is 14.8. The molecule has 2 aromatic rings. The summed E-state index contributed by atoms with van der Waals surface area (Å²) < 4.78 is 4.49. The molecule has 31 heavy (non-hydrogen) atoms. The van der Waals surface area contributed by atoms with Crippen LogP contribution in [0.5, 0.6) is 5.75 Å². The molecule has 0 aliphatic carbocycles. The van der Waals surface area contributed by atoms with E-state index in [1.54, 1.807) is 54.6 Å². The second kappa shape index (κ2) is 8.14. The summed E-state index contributed by atoms with van der Waals surface area (Å²) in [5.74, 6) is 0.475. The molecule has 0 radical (unpaired) electrons. The van der Waals surface area contributed by atoms with Crippen molar-refractivity contribution < 1.29 is 14.7 Å². The van der Waals surface area contributed by atoms with Gasteiger partial charge >= 0.3 is 17.8 Å². The molecule has 2 aliphatic rings. The van der Waals surface area contributed by atoms with Crippen molar-refractivity contribution in [1.82, 2.24) is 24.8 Å². The molecular weight excluding hydrogens is 420 g/mol. The summed E-state index contributed by atoms with van der Waals surface area (Å²) in [6, 6.07) is 12.6. The average Bonchev–Trinajstić information content (AvgIpc) is 3.12. The third-order valence-electron chi connectivity index (χ3n) is 5.07. The topological polar surface area (TPSA) is 103 Å². The second-order valence-corrected chi connectivity index (χ2v) is 7.59. The summed E-state index contributed by atoms with van der Waals surface area (Å²) in [5.41, 5.74) is 4.56. The Balaban J connectivity index is 1.63. The van der Waals surface area contributed by atoms with Gasteiger partial charge < -0.3 is 5.11 Å². The molecule has 1 saturated heterocycles. The minimum atomic E-state index is -0.755. The van der Waals surface area contributed by atoms with Crippen molar-refractivity contribution in [3.8, 4) is 5.75 Å². The first-order valence-corrected chi connectivity index (χ1v) is 9.83. The maximum absolute atomic E-state index is 12.9. The summed E-state index contributed by atoms with van der Waals surface area (Å²) in [6.07, 6.45) is 1.57. The standard InChI is InChI=1S/C21H19ClN6O3/c1-26-18-17(19(30)27(2)21(26)31)28(12-14-3-7-15(22)8-4-14)20(24-18)25-23-11-13-5-9-16(29)10-6-13/h3-11,17H,12H2,1-2H3,(H,23,29)/p+1. The number of hydrazone groups is 1. The van der Waals surface area contributed by atoms with Gasteiger partial charge in [-0.1, -0.05) is 23.7 Å². The molecule has 0 saturated carbocycles. The molecule has 0 spiro atoms. The largest absolute Gasteiger partial charge is 0.508 e. The Morgan fingerprint density at radius 2 is 1.77 bits per heavy atom. The molecule has 1 atom stereocenters. The zero-order chi connectivity index (χ0) is 22.1. The molecule has 2 N–H and O–H groups in total. The molecule has 0 aromatic heterocycles. The van der Waals surface area contributed by atoms with Crippen LogP contribution in [-0.4, -0.2) is 69.9 Å². The van der Waals surface area contributed by atoms with E-state index < -0.39 is 12.1 Å². The minimum absolute atomic E-state index is 0.162. The summed E-state index contributed by atoms with van der Waals surface area (Å²) in [4.78, 5) is 29.5. The zero-order valence-corrected chi connectivity index (χ0v) is 17.6. The van der Waals surface area contributed by atoms with Gasteiger partial charge in [-0.3, -0.25) is 9.69 Å². The van der Waals surface area contributed by atoms with Crippen LogP contribution >= 0.6 is 11.6 Å². The second-order valence-electron chi connectivity index (χ2n) is 7.15. The Hall–Kier alpha value is -3.81. The predicted octanol–water partition coefficient (Wildman–Crippen LogP) is 1.20. The molecule has 158 valence electrons. The number of hydrogen-bond acceptors (Lipinski definition) is 6. The van der Waals surface area contributed by atoms with E-state index >= 15 is 0 Å². The molecule has 2 aromatic carbocycles. The van der Waals surface area contributed by atoms with Gasteiger partial charge in [-0.15, -0.1) is 5.10 Å². The number of hydrogen-bond donors (Lipinski definition) is 2. The van der Waals surface area contributed by atoms with Gasteiger partial charge in [0.2, 0.25) is 6.04 Å². The number of amides is 3. The molecule has 4 rings (SSSR count). The number of aromatic hydroxyl groups is 1. The van der Waals surface area contributed by atoms with E-state index in [9.17, 15) is 14.7 Å². The fraction of sp³-hybridized carbons (Fsp3) is 0.190. The molecule has 1 fully saturated rings. The van der Waals surface area contributed by atoms with Gasteiger partial charge in [0.05, 0.1) is 19.8 Å². The highest BCUT2D eigenvalue weighted by atomic mass is 35.5. The van der Waals surface area contributed by atoms with Gasteiger partial charge in [0, 0.05) is 12.1 Å². The van der Waals surface area contributed by atoms with Gasteiger partial charge in [0.15, 0.2) is 0 Å². The summed E-state index contributed by atoms with van der Waals surface area (Å²) in [5, 5.41) is 14.2. The first kappa shape index (κ1) is 20.5. The molecule has 2 heterocycles. The van der Waals surface area contributed by atoms with Crippen LogP contribution in [0.2, 0.25) is 5.02 Å².